The molecule has 116 valence electrons. The van der Waals surface area contributed by atoms with Crippen molar-refractivity contribution in [1.82, 2.24) is 0 Å². The van der Waals surface area contributed by atoms with E-state index < -0.39 is 0 Å². The number of benzene rings is 1. The van der Waals surface area contributed by atoms with E-state index in [1.165, 1.54) is 37.7 Å². The van der Waals surface area contributed by atoms with Gasteiger partial charge < -0.3 is 9.94 Å². The van der Waals surface area contributed by atoms with Crippen molar-refractivity contribution in [2.75, 3.05) is 0 Å². The quantitative estimate of drug-likeness (QED) is 0.463. The van der Waals surface area contributed by atoms with Crippen molar-refractivity contribution in [3.63, 3.8) is 0 Å². The van der Waals surface area contributed by atoms with Gasteiger partial charge in [0, 0.05) is 0 Å². The first-order valence-corrected chi connectivity index (χ1v) is 8.14. The summed E-state index contributed by atoms with van der Waals surface area (Å²) in [5.74, 6) is 1.88. The van der Waals surface area contributed by atoms with Crippen LogP contribution in [-0.4, -0.2) is 17.0 Å². The summed E-state index contributed by atoms with van der Waals surface area (Å²) < 4.78 is 6.09. The van der Waals surface area contributed by atoms with Crippen LogP contribution in [0.15, 0.2) is 29.4 Å². The molecule has 0 heterocycles. The maximum absolute atomic E-state index is 8.64. The van der Waals surface area contributed by atoms with Gasteiger partial charge in [0.1, 0.15) is 5.75 Å². The van der Waals surface area contributed by atoms with Gasteiger partial charge in [-0.15, -0.1) is 0 Å². The number of hydrogen-bond acceptors (Lipinski definition) is 3. The van der Waals surface area contributed by atoms with Crippen molar-refractivity contribution in [2.24, 2.45) is 11.1 Å². The summed E-state index contributed by atoms with van der Waals surface area (Å²) in [5.41, 5.74) is 2.02. The molecule has 0 radical (unpaired) electrons. The summed E-state index contributed by atoms with van der Waals surface area (Å²) in [7, 11) is 0. The van der Waals surface area contributed by atoms with Crippen LogP contribution in [0.2, 0.25) is 0 Å². The number of nitrogens with zero attached hydrogens (tertiary/aromatic N) is 1. The van der Waals surface area contributed by atoms with Gasteiger partial charge in [0.25, 0.3) is 0 Å². The zero-order valence-electron chi connectivity index (χ0n) is 13.2. The molecule has 1 aromatic rings. The highest BCUT2D eigenvalue weighted by Crippen LogP contribution is 2.29. The molecular formula is C18H27NO2. The zero-order valence-corrected chi connectivity index (χ0v) is 13.2. The van der Waals surface area contributed by atoms with Gasteiger partial charge >= 0.3 is 0 Å². The number of hydrogen-bond donors (Lipinski definition) is 1. The first-order valence-electron chi connectivity index (χ1n) is 8.14. The molecule has 0 aromatic heterocycles. The van der Waals surface area contributed by atoms with E-state index in [4.69, 9.17) is 9.94 Å². The number of ether oxygens (including phenoxy) is 1. The Bertz CT molecular complexity index is 445. The van der Waals surface area contributed by atoms with E-state index in [1.54, 1.807) is 0 Å². The van der Waals surface area contributed by atoms with Crippen LogP contribution in [0.5, 0.6) is 5.75 Å². The predicted molar refractivity (Wildman–Crippen MR) is 86.3 cm³/mol. The fourth-order valence-electron chi connectivity index (χ4n) is 2.96. The fraction of sp³-hybridized carbons (Fsp3) is 0.611. The third-order valence-electron chi connectivity index (χ3n) is 4.54. The van der Waals surface area contributed by atoms with Gasteiger partial charge in [-0.1, -0.05) is 30.6 Å². The van der Waals surface area contributed by atoms with Crippen LogP contribution in [0.1, 0.15) is 57.9 Å². The Morgan fingerprint density at radius 1 is 1.19 bits per heavy atom. The van der Waals surface area contributed by atoms with Crippen LogP contribution in [0.25, 0.3) is 0 Å². The van der Waals surface area contributed by atoms with Gasteiger partial charge in [-0.3, -0.25) is 0 Å². The lowest BCUT2D eigenvalue weighted by molar-refractivity contribution is 0.130. The molecule has 3 heteroatoms. The molecular weight excluding hydrogens is 262 g/mol. The van der Waals surface area contributed by atoms with Gasteiger partial charge in [0.2, 0.25) is 0 Å². The van der Waals surface area contributed by atoms with E-state index in [0.717, 1.165) is 30.2 Å². The van der Waals surface area contributed by atoms with Crippen LogP contribution in [0, 0.1) is 5.92 Å². The van der Waals surface area contributed by atoms with E-state index in [-0.39, 0.29) is 0 Å². The minimum atomic E-state index is 0.391. The maximum Gasteiger partial charge on any atom is 0.119 e. The fourth-order valence-corrected chi connectivity index (χ4v) is 2.96. The Balaban J connectivity index is 1.80. The summed E-state index contributed by atoms with van der Waals surface area (Å²) in [6.07, 6.45) is 8.37. The summed E-state index contributed by atoms with van der Waals surface area (Å²) in [5, 5.41) is 11.8. The van der Waals surface area contributed by atoms with Crippen molar-refractivity contribution >= 4 is 5.71 Å². The van der Waals surface area contributed by atoms with Crippen LogP contribution in [-0.2, 0) is 6.42 Å². The van der Waals surface area contributed by atoms with Gasteiger partial charge in [0.15, 0.2) is 0 Å². The molecule has 1 aromatic carbocycles. The summed E-state index contributed by atoms with van der Waals surface area (Å²) in [6, 6.07) is 8.34. The highest BCUT2D eigenvalue weighted by molar-refractivity contribution is 5.81. The molecule has 2 rings (SSSR count). The molecule has 0 atom stereocenters. The molecule has 0 amide bonds. The number of oxime groups is 1. The smallest absolute Gasteiger partial charge is 0.119 e. The summed E-state index contributed by atoms with van der Waals surface area (Å²) >= 11 is 0. The van der Waals surface area contributed by atoms with Crippen molar-refractivity contribution < 1.29 is 9.94 Å². The molecule has 1 saturated carbocycles. The Hall–Kier alpha value is -1.51. The lowest BCUT2D eigenvalue weighted by Crippen LogP contribution is -2.23. The van der Waals surface area contributed by atoms with Crippen LogP contribution >= 0.6 is 0 Å². The zero-order chi connectivity index (χ0) is 15.1. The van der Waals surface area contributed by atoms with Gasteiger partial charge in [-0.2, -0.15) is 0 Å². The Morgan fingerprint density at radius 2 is 1.86 bits per heavy atom. The maximum atomic E-state index is 8.64. The molecule has 1 fully saturated rings. The molecule has 0 aliphatic heterocycles. The average molecular weight is 289 g/mol. The molecule has 1 N–H and O–H groups in total. The average Bonchev–Trinajstić information content (AvgIpc) is 2.54. The second kappa shape index (κ2) is 8.06. The molecule has 3 nitrogen and oxygen atoms in total. The van der Waals surface area contributed by atoms with E-state index in [9.17, 15) is 0 Å². The third kappa shape index (κ3) is 5.07. The summed E-state index contributed by atoms with van der Waals surface area (Å²) in [6.45, 7) is 4.12. The molecule has 0 saturated heterocycles. The highest BCUT2D eigenvalue weighted by Gasteiger charge is 2.21. The Kier molecular flexibility index (Phi) is 6.09. The lowest BCUT2D eigenvalue weighted by Gasteiger charge is -2.28. The van der Waals surface area contributed by atoms with Crippen molar-refractivity contribution in [3.05, 3.63) is 29.8 Å². The van der Waals surface area contributed by atoms with E-state index in [1.807, 2.05) is 6.92 Å². The van der Waals surface area contributed by atoms with Crippen LogP contribution in [0.3, 0.4) is 0 Å². The molecule has 1 aliphatic rings. The molecule has 21 heavy (non-hydrogen) atoms. The topological polar surface area (TPSA) is 41.8 Å². The second-order valence-corrected chi connectivity index (χ2v) is 6.15. The van der Waals surface area contributed by atoms with E-state index >= 15 is 0 Å². The summed E-state index contributed by atoms with van der Waals surface area (Å²) in [4.78, 5) is 0. The highest BCUT2D eigenvalue weighted by atomic mass is 16.5. The van der Waals surface area contributed by atoms with Crippen LogP contribution in [0.4, 0.5) is 0 Å². The molecule has 0 spiro atoms. The predicted octanol–water partition coefficient (Wildman–Crippen LogP) is 4.82. The lowest BCUT2D eigenvalue weighted by atomic mass is 9.86. The van der Waals surface area contributed by atoms with Crippen molar-refractivity contribution in [3.8, 4) is 5.75 Å². The second-order valence-electron chi connectivity index (χ2n) is 6.15. The SMILES string of the molecule is CCC1CCC(Oc2ccc(CCC(C)=NO)cc2)CC1. The minimum absolute atomic E-state index is 0.391. The standard InChI is InChI=1S/C18H27NO2/c1-3-15-6-10-17(11-7-15)21-18-12-8-16(9-13-18)5-4-14(2)19-20/h8-9,12-13,15,17,20H,3-7,10-11H2,1-2H3. The molecule has 1 aliphatic carbocycles. The Labute approximate surface area is 128 Å². The number of rotatable bonds is 6. The van der Waals surface area contributed by atoms with Gasteiger partial charge in [-0.05, 0) is 69.1 Å². The van der Waals surface area contributed by atoms with E-state index in [2.05, 4.69) is 36.3 Å². The molecule has 0 bridgehead atoms. The normalized spacial score (nSPS) is 23.0. The monoisotopic (exact) mass is 289 g/mol. The Morgan fingerprint density at radius 3 is 2.43 bits per heavy atom. The van der Waals surface area contributed by atoms with Crippen LogP contribution < -0.4 is 4.74 Å². The van der Waals surface area contributed by atoms with Crippen molar-refractivity contribution in [1.29, 1.82) is 0 Å². The van der Waals surface area contributed by atoms with Gasteiger partial charge in [-0.25, -0.2) is 0 Å². The minimum Gasteiger partial charge on any atom is -0.490 e. The first-order chi connectivity index (χ1) is 10.2. The first kappa shape index (κ1) is 15.9. The van der Waals surface area contributed by atoms with E-state index in [0.29, 0.717) is 6.10 Å². The van der Waals surface area contributed by atoms with Gasteiger partial charge in [0.05, 0.1) is 11.8 Å². The van der Waals surface area contributed by atoms with Crippen molar-refractivity contribution in [2.45, 2.75) is 64.9 Å². The number of aryl methyl sites for hydroxylation is 1. The largest absolute Gasteiger partial charge is 0.490 e. The molecule has 0 unspecified atom stereocenters. The third-order valence-corrected chi connectivity index (χ3v) is 4.54.